The zero-order valence-corrected chi connectivity index (χ0v) is 10.1. The van der Waals surface area contributed by atoms with Crippen LogP contribution in [0.5, 0.6) is 0 Å². The number of hydrogen-bond donors (Lipinski definition) is 1. The Morgan fingerprint density at radius 1 is 1.27 bits per heavy atom. The minimum atomic E-state index is -0.125. The fourth-order valence-electron chi connectivity index (χ4n) is 2.41. The van der Waals surface area contributed by atoms with E-state index in [-0.39, 0.29) is 6.10 Å². The van der Waals surface area contributed by atoms with Crippen LogP contribution in [-0.2, 0) is 4.74 Å². The molecule has 0 spiro atoms. The highest BCUT2D eigenvalue weighted by atomic mass is 16.5. The highest BCUT2D eigenvalue weighted by Crippen LogP contribution is 2.21. The third kappa shape index (κ3) is 4.49. The third-order valence-corrected chi connectivity index (χ3v) is 3.37. The Balaban J connectivity index is 2.31. The first-order valence-corrected chi connectivity index (χ1v) is 6.13. The zero-order valence-electron chi connectivity index (χ0n) is 10.1. The van der Waals surface area contributed by atoms with Gasteiger partial charge < -0.3 is 14.7 Å². The van der Waals surface area contributed by atoms with Crippen molar-refractivity contribution in [3.05, 3.63) is 0 Å². The molecule has 1 aliphatic rings. The molecule has 0 aromatic heterocycles. The molecule has 2 unspecified atom stereocenters. The number of aliphatic hydroxyl groups excluding tert-OH is 1. The van der Waals surface area contributed by atoms with E-state index in [1.54, 1.807) is 7.11 Å². The van der Waals surface area contributed by atoms with Crippen molar-refractivity contribution in [2.24, 2.45) is 0 Å². The summed E-state index contributed by atoms with van der Waals surface area (Å²) in [7, 11) is 3.86. The normalized spacial score (nSPS) is 28.0. The maximum Gasteiger partial charge on any atom is 0.0695 e. The molecule has 1 aliphatic carbocycles. The van der Waals surface area contributed by atoms with Gasteiger partial charge in [-0.1, -0.05) is 19.3 Å². The minimum Gasteiger partial charge on any atom is -0.391 e. The van der Waals surface area contributed by atoms with Crippen LogP contribution in [0.3, 0.4) is 0 Å². The van der Waals surface area contributed by atoms with Gasteiger partial charge in [0.2, 0.25) is 0 Å². The molecule has 1 fully saturated rings. The highest BCUT2D eigenvalue weighted by Gasteiger charge is 2.24. The van der Waals surface area contributed by atoms with E-state index in [9.17, 15) is 5.11 Å². The van der Waals surface area contributed by atoms with Crippen LogP contribution in [0, 0.1) is 0 Å². The van der Waals surface area contributed by atoms with Crippen molar-refractivity contribution in [3.63, 3.8) is 0 Å². The standard InChI is InChI=1S/C12H25NO2/c1-13(9-6-10-15-2)11-7-4-3-5-8-12(11)14/h11-12,14H,3-10H2,1-2H3. The quantitative estimate of drug-likeness (QED) is 0.559. The number of rotatable bonds is 5. The van der Waals surface area contributed by atoms with Crippen molar-refractivity contribution < 1.29 is 9.84 Å². The van der Waals surface area contributed by atoms with Gasteiger partial charge in [-0.25, -0.2) is 0 Å². The molecule has 1 rings (SSSR count). The van der Waals surface area contributed by atoms with Crippen LogP contribution in [0.2, 0.25) is 0 Å². The molecule has 15 heavy (non-hydrogen) atoms. The van der Waals surface area contributed by atoms with Crippen LogP contribution in [0.4, 0.5) is 0 Å². The summed E-state index contributed by atoms with van der Waals surface area (Å²) in [4.78, 5) is 2.30. The van der Waals surface area contributed by atoms with Gasteiger partial charge in [0, 0.05) is 26.3 Å². The van der Waals surface area contributed by atoms with Gasteiger partial charge in [-0.2, -0.15) is 0 Å². The zero-order chi connectivity index (χ0) is 11.1. The van der Waals surface area contributed by atoms with Gasteiger partial charge in [0.25, 0.3) is 0 Å². The SMILES string of the molecule is COCCCN(C)C1CCCCCC1O. The van der Waals surface area contributed by atoms with Crippen molar-refractivity contribution in [2.75, 3.05) is 27.3 Å². The molecule has 0 aromatic rings. The maximum absolute atomic E-state index is 10.0. The van der Waals surface area contributed by atoms with Crippen LogP contribution in [-0.4, -0.2) is 49.5 Å². The molecule has 0 aliphatic heterocycles. The Hall–Kier alpha value is -0.120. The first kappa shape index (κ1) is 12.9. The van der Waals surface area contributed by atoms with Gasteiger partial charge in [0.1, 0.15) is 0 Å². The average Bonchev–Trinajstić information content (AvgIpc) is 2.43. The summed E-state index contributed by atoms with van der Waals surface area (Å²) < 4.78 is 5.04. The van der Waals surface area contributed by atoms with Crippen molar-refractivity contribution in [1.29, 1.82) is 0 Å². The second-order valence-electron chi connectivity index (χ2n) is 4.60. The predicted octanol–water partition coefficient (Wildman–Crippen LogP) is 1.65. The van der Waals surface area contributed by atoms with Crippen LogP contribution in [0.25, 0.3) is 0 Å². The summed E-state index contributed by atoms with van der Waals surface area (Å²) in [6.07, 6.45) is 6.76. The lowest BCUT2D eigenvalue weighted by Crippen LogP contribution is -2.41. The van der Waals surface area contributed by atoms with Gasteiger partial charge in [0.15, 0.2) is 0 Å². The maximum atomic E-state index is 10.0. The lowest BCUT2D eigenvalue weighted by atomic mass is 10.0. The number of aliphatic hydroxyl groups is 1. The van der Waals surface area contributed by atoms with Gasteiger partial charge in [-0.15, -0.1) is 0 Å². The van der Waals surface area contributed by atoms with E-state index in [4.69, 9.17) is 4.74 Å². The Morgan fingerprint density at radius 2 is 2.00 bits per heavy atom. The molecule has 2 atom stereocenters. The van der Waals surface area contributed by atoms with E-state index in [0.29, 0.717) is 6.04 Å². The second kappa shape index (κ2) is 7.20. The molecule has 0 saturated heterocycles. The van der Waals surface area contributed by atoms with Gasteiger partial charge >= 0.3 is 0 Å². The smallest absolute Gasteiger partial charge is 0.0695 e. The topological polar surface area (TPSA) is 32.7 Å². The summed E-state index contributed by atoms with van der Waals surface area (Å²) in [6.45, 7) is 1.84. The van der Waals surface area contributed by atoms with Crippen LogP contribution in [0.1, 0.15) is 38.5 Å². The van der Waals surface area contributed by atoms with Crippen LogP contribution in [0.15, 0.2) is 0 Å². The molecule has 3 nitrogen and oxygen atoms in total. The third-order valence-electron chi connectivity index (χ3n) is 3.37. The lowest BCUT2D eigenvalue weighted by molar-refractivity contribution is 0.0533. The fraction of sp³-hybridized carbons (Fsp3) is 1.00. The second-order valence-corrected chi connectivity index (χ2v) is 4.60. The van der Waals surface area contributed by atoms with E-state index in [1.807, 2.05) is 0 Å². The molecule has 90 valence electrons. The Bertz CT molecular complexity index is 164. The van der Waals surface area contributed by atoms with Gasteiger partial charge in [-0.3, -0.25) is 0 Å². The summed E-state index contributed by atoms with van der Waals surface area (Å²) in [5.74, 6) is 0. The molecular weight excluding hydrogens is 190 g/mol. The van der Waals surface area contributed by atoms with Gasteiger partial charge in [0.05, 0.1) is 6.10 Å². The van der Waals surface area contributed by atoms with Gasteiger partial charge in [-0.05, 0) is 26.3 Å². The summed E-state index contributed by atoms with van der Waals surface area (Å²) in [6, 6.07) is 0.365. The molecule has 1 N–H and O–H groups in total. The Labute approximate surface area is 93.4 Å². The Morgan fingerprint density at radius 3 is 2.73 bits per heavy atom. The number of hydrogen-bond acceptors (Lipinski definition) is 3. The molecule has 0 heterocycles. The van der Waals surface area contributed by atoms with E-state index >= 15 is 0 Å². The molecule has 0 radical (unpaired) electrons. The van der Waals surface area contributed by atoms with Crippen molar-refractivity contribution in [1.82, 2.24) is 4.90 Å². The number of ether oxygens (including phenoxy) is 1. The van der Waals surface area contributed by atoms with E-state index in [0.717, 1.165) is 32.4 Å². The fourth-order valence-corrected chi connectivity index (χ4v) is 2.41. The number of likely N-dealkylation sites (N-methyl/N-ethyl adjacent to an activating group) is 1. The lowest BCUT2D eigenvalue weighted by Gasteiger charge is -2.30. The average molecular weight is 215 g/mol. The summed E-state index contributed by atoms with van der Waals surface area (Å²) in [5, 5.41) is 10.0. The monoisotopic (exact) mass is 215 g/mol. The highest BCUT2D eigenvalue weighted by molar-refractivity contribution is 4.79. The summed E-state index contributed by atoms with van der Waals surface area (Å²) in [5.41, 5.74) is 0. The van der Waals surface area contributed by atoms with E-state index in [2.05, 4.69) is 11.9 Å². The molecule has 0 bridgehead atoms. The first-order valence-electron chi connectivity index (χ1n) is 6.13. The van der Waals surface area contributed by atoms with Crippen molar-refractivity contribution >= 4 is 0 Å². The predicted molar refractivity (Wildman–Crippen MR) is 62.0 cm³/mol. The number of nitrogens with zero attached hydrogens (tertiary/aromatic N) is 1. The first-order chi connectivity index (χ1) is 7.25. The van der Waals surface area contributed by atoms with Crippen LogP contribution < -0.4 is 0 Å². The molecular formula is C12H25NO2. The van der Waals surface area contributed by atoms with Crippen molar-refractivity contribution in [2.45, 2.75) is 50.7 Å². The molecule has 3 heteroatoms. The number of methoxy groups -OCH3 is 1. The molecule has 1 saturated carbocycles. The van der Waals surface area contributed by atoms with E-state index < -0.39 is 0 Å². The minimum absolute atomic E-state index is 0.125. The largest absolute Gasteiger partial charge is 0.391 e. The van der Waals surface area contributed by atoms with Crippen LogP contribution >= 0.6 is 0 Å². The molecule has 0 aromatic carbocycles. The van der Waals surface area contributed by atoms with Crippen molar-refractivity contribution in [3.8, 4) is 0 Å². The summed E-state index contributed by atoms with van der Waals surface area (Å²) >= 11 is 0. The Kier molecular flexibility index (Phi) is 6.22. The van der Waals surface area contributed by atoms with E-state index in [1.165, 1.54) is 19.3 Å². The molecule has 0 amide bonds.